The second-order valence-corrected chi connectivity index (χ2v) is 7.56. The first kappa shape index (κ1) is 19.3. The van der Waals surface area contributed by atoms with Gasteiger partial charge >= 0.3 is 0 Å². The van der Waals surface area contributed by atoms with Gasteiger partial charge in [-0.25, -0.2) is 0 Å². The van der Waals surface area contributed by atoms with Crippen LogP contribution in [0.15, 0.2) is 48.5 Å². The number of nitrogens with zero attached hydrogens (tertiary/aromatic N) is 1. The zero-order valence-electron chi connectivity index (χ0n) is 16.2. The molecule has 0 aromatic heterocycles. The van der Waals surface area contributed by atoms with Gasteiger partial charge in [0, 0.05) is 17.7 Å². The molecule has 142 valence electrons. The van der Waals surface area contributed by atoms with Crippen LogP contribution in [0.2, 0.25) is 0 Å². The van der Waals surface area contributed by atoms with Gasteiger partial charge in [-0.2, -0.15) is 0 Å². The predicted octanol–water partition coefficient (Wildman–Crippen LogP) is 4.42. The number of benzene rings is 2. The molecule has 1 heterocycles. The van der Waals surface area contributed by atoms with E-state index in [0.29, 0.717) is 29.3 Å². The van der Waals surface area contributed by atoms with E-state index in [-0.39, 0.29) is 12.2 Å². The van der Waals surface area contributed by atoms with Crippen LogP contribution >= 0.6 is 0 Å². The summed E-state index contributed by atoms with van der Waals surface area (Å²) < 4.78 is 0. The number of carbonyl (C=O) groups excluding carboxylic acids is 2. The third-order valence-corrected chi connectivity index (χ3v) is 5.29. The van der Waals surface area contributed by atoms with Crippen molar-refractivity contribution in [2.24, 2.45) is 0 Å². The van der Waals surface area contributed by atoms with Crippen molar-refractivity contribution in [2.45, 2.75) is 51.6 Å². The molecular formula is C23H27NO3. The lowest BCUT2D eigenvalue weighted by molar-refractivity contribution is -0.135. The SMILES string of the molecule is CCCCN1C(=O)C(O)(CC(=O)c2ccc(C(C)C)cc2)c2ccccc21. The first-order valence-electron chi connectivity index (χ1n) is 9.65. The summed E-state index contributed by atoms with van der Waals surface area (Å²) in [5, 5.41) is 11.2. The third kappa shape index (κ3) is 3.54. The Hall–Kier alpha value is -2.46. The molecule has 0 fully saturated rings. The van der Waals surface area contributed by atoms with E-state index < -0.39 is 11.5 Å². The number of anilines is 1. The molecule has 3 rings (SSSR count). The highest BCUT2D eigenvalue weighted by atomic mass is 16.3. The van der Waals surface area contributed by atoms with Gasteiger partial charge in [0.2, 0.25) is 0 Å². The summed E-state index contributed by atoms with van der Waals surface area (Å²) in [6, 6.07) is 14.6. The summed E-state index contributed by atoms with van der Waals surface area (Å²) in [7, 11) is 0. The summed E-state index contributed by atoms with van der Waals surface area (Å²) in [5.41, 5.74) is 1.11. The summed E-state index contributed by atoms with van der Waals surface area (Å²) in [6.45, 7) is 6.80. The smallest absolute Gasteiger partial charge is 0.264 e. The van der Waals surface area contributed by atoms with Crippen LogP contribution in [0, 0.1) is 0 Å². The Kier molecular flexibility index (Phi) is 5.47. The highest BCUT2D eigenvalue weighted by Crippen LogP contribution is 2.42. The van der Waals surface area contributed by atoms with Crippen molar-refractivity contribution < 1.29 is 14.7 Å². The molecule has 1 aliphatic heterocycles. The lowest BCUT2D eigenvalue weighted by Crippen LogP contribution is -2.42. The Morgan fingerprint density at radius 1 is 1.11 bits per heavy atom. The highest BCUT2D eigenvalue weighted by Gasteiger charge is 2.50. The van der Waals surface area contributed by atoms with Gasteiger partial charge in [0.15, 0.2) is 11.4 Å². The molecular weight excluding hydrogens is 338 g/mol. The molecule has 1 N–H and O–H groups in total. The van der Waals surface area contributed by atoms with E-state index in [2.05, 4.69) is 20.8 Å². The Labute approximate surface area is 160 Å². The zero-order valence-corrected chi connectivity index (χ0v) is 16.2. The van der Waals surface area contributed by atoms with Crippen LogP contribution in [0.25, 0.3) is 0 Å². The van der Waals surface area contributed by atoms with E-state index in [1.807, 2.05) is 24.3 Å². The van der Waals surface area contributed by atoms with Crippen LogP contribution in [0.1, 0.15) is 67.4 Å². The fourth-order valence-corrected chi connectivity index (χ4v) is 3.60. The minimum Gasteiger partial charge on any atom is -0.375 e. The van der Waals surface area contributed by atoms with Crippen LogP contribution in [0.4, 0.5) is 5.69 Å². The van der Waals surface area contributed by atoms with Gasteiger partial charge in [0.1, 0.15) is 0 Å². The quantitative estimate of drug-likeness (QED) is 0.739. The minimum atomic E-state index is -1.79. The maximum Gasteiger partial charge on any atom is 0.264 e. The minimum absolute atomic E-state index is 0.228. The zero-order chi connectivity index (χ0) is 19.6. The van der Waals surface area contributed by atoms with Gasteiger partial charge in [-0.3, -0.25) is 9.59 Å². The van der Waals surface area contributed by atoms with Crippen molar-refractivity contribution in [1.29, 1.82) is 0 Å². The molecule has 1 atom stereocenters. The second kappa shape index (κ2) is 7.65. The molecule has 4 heteroatoms. The average molecular weight is 365 g/mol. The van der Waals surface area contributed by atoms with E-state index in [1.54, 1.807) is 29.2 Å². The number of para-hydroxylation sites is 1. The Bertz CT molecular complexity index is 841. The summed E-state index contributed by atoms with van der Waals surface area (Å²) >= 11 is 0. The molecule has 1 amide bonds. The molecule has 2 aromatic carbocycles. The molecule has 0 saturated carbocycles. The average Bonchev–Trinajstić information content (AvgIpc) is 2.88. The third-order valence-electron chi connectivity index (χ3n) is 5.29. The van der Waals surface area contributed by atoms with Gasteiger partial charge in [-0.1, -0.05) is 69.7 Å². The molecule has 0 bridgehead atoms. The van der Waals surface area contributed by atoms with Crippen LogP contribution in [0.3, 0.4) is 0 Å². The van der Waals surface area contributed by atoms with Crippen molar-refractivity contribution in [3.8, 4) is 0 Å². The number of ketones is 1. The van der Waals surface area contributed by atoms with Gasteiger partial charge < -0.3 is 10.0 Å². The van der Waals surface area contributed by atoms with Gasteiger partial charge in [0.05, 0.1) is 12.1 Å². The number of unbranched alkanes of at least 4 members (excludes halogenated alkanes) is 1. The first-order chi connectivity index (χ1) is 12.9. The largest absolute Gasteiger partial charge is 0.375 e. The van der Waals surface area contributed by atoms with E-state index >= 15 is 0 Å². The fourth-order valence-electron chi connectivity index (χ4n) is 3.60. The summed E-state index contributed by atoms with van der Waals surface area (Å²) in [5.74, 6) is -0.244. The van der Waals surface area contributed by atoms with Crippen LogP contribution < -0.4 is 4.90 Å². The van der Waals surface area contributed by atoms with Gasteiger partial charge in [0.25, 0.3) is 5.91 Å². The molecule has 0 saturated heterocycles. The molecule has 27 heavy (non-hydrogen) atoms. The number of hydrogen-bond donors (Lipinski definition) is 1. The molecule has 0 spiro atoms. The van der Waals surface area contributed by atoms with E-state index in [9.17, 15) is 14.7 Å². The molecule has 4 nitrogen and oxygen atoms in total. The predicted molar refractivity (Wildman–Crippen MR) is 107 cm³/mol. The number of fused-ring (bicyclic) bond motifs is 1. The second-order valence-electron chi connectivity index (χ2n) is 7.56. The molecule has 2 aromatic rings. The van der Waals surface area contributed by atoms with Crippen molar-refractivity contribution in [2.75, 3.05) is 11.4 Å². The van der Waals surface area contributed by atoms with Crippen molar-refractivity contribution in [1.82, 2.24) is 0 Å². The van der Waals surface area contributed by atoms with Crippen LogP contribution in [-0.4, -0.2) is 23.3 Å². The first-order valence-corrected chi connectivity index (χ1v) is 9.65. The Morgan fingerprint density at radius 3 is 2.41 bits per heavy atom. The number of Topliss-reactive ketones (excluding diaryl/α,β-unsaturated/α-hetero) is 1. The lowest BCUT2D eigenvalue weighted by atomic mass is 9.87. The molecule has 0 aliphatic carbocycles. The van der Waals surface area contributed by atoms with Crippen LogP contribution in [0.5, 0.6) is 0 Å². The van der Waals surface area contributed by atoms with Crippen LogP contribution in [-0.2, 0) is 10.4 Å². The van der Waals surface area contributed by atoms with Gasteiger partial charge in [-0.15, -0.1) is 0 Å². The normalized spacial score (nSPS) is 18.9. The Balaban J connectivity index is 1.88. The fraction of sp³-hybridized carbons (Fsp3) is 0.391. The molecule has 0 radical (unpaired) electrons. The van der Waals surface area contributed by atoms with Crippen molar-refractivity contribution in [3.05, 3.63) is 65.2 Å². The number of hydrogen-bond acceptors (Lipinski definition) is 3. The summed E-state index contributed by atoms with van der Waals surface area (Å²) in [6.07, 6.45) is 1.55. The van der Waals surface area contributed by atoms with Crippen molar-refractivity contribution in [3.63, 3.8) is 0 Å². The van der Waals surface area contributed by atoms with E-state index in [1.165, 1.54) is 0 Å². The van der Waals surface area contributed by atoms with Gasteiger partial charge in [-0.05, 0) is 24.0 Å². The molecule has 1 unspecified atom stereocenters. The van der Waals surface area contributed by atoms with Crippen molar-refractivity contribution >= 4 is 17.4 Å². The summed E-state index contributed by atoms with van der Waals surface area (Å²) in [4.78, 5) is 27.5. The number of amides is 1. The maximum atomic E-state index is 13.0. The number of carbonyl (C=O) groups is 2. The molecule has 1 aliphatic rings. The number of aliphatic hydroxyl groups is 1. The maximum absolute atomic E-state index is 13.0. The lowest BCUT2D eigenvalue weighted by Gasteiger charge is -2.22. The standard InChI is InChI=1S/C23H27NO3/c1-4-5-14-24-20-9-7-6-8-19(20)23(27,22(24)26)15-21(25)18-12-10-17(11-13-18)16(2)3/h6-13,16,27H,4-5,14-15H2,1-3H3. The van der Waals surface area contributed by atoms with E-state index in [4.69, 9.17) is 0 Å². The van der Waals surface area contributed by atoms with E-state index in [0.717, 1.165) is 18.4 Å². The topological polar surface area (TPSA) is 57.6 Å². The highest BCUT2D eigenvalue weighted by molar-refractivity contribution is 6.10. The number of rotatable bonds is 7. The Morgan fingerprint density at radius 2 is 1.78 bits per heavy atom. The monoisotopic (exact) mass is 365 g/mol.